The summed E-state index contributed by atoms with van der Waals surface area (Å²) in [7, 11) is 0. The topological polar surface area (TPSA) is 125 Å². The van der Waals surface area contributed by atoms with E-state index in [1.807, 2.05) is 32.0 Å². The summed E-state index contributed by atoms with van der Waals surface area (Å²) in [5.74, 6) is -0.578. The van der Waals surface area contributed by atoms with Crippen molar-refractivity contribution in [3.63, 3.8) is 0 Å². The fourth-order valence-corrected chi connectivity index (χ4v) is 6.16. The Balaban J connectivity index is 1.24. The van der Waals surface area contributed by atoms with Gasteiger partial charge >= 0.3 is 6.03 Å². The van der Waals surface area contributed by atoms with Crippen LogP contribution in [0, 0.1) is 11.2 Å². The fraction of sp³-hybridized carbons (Fsp3) is 0.345. The predicted molar refractivity (Wildman–Crippen MR) is 150 cm³/mol. The van der Waals surface area contributed by atoms with Gasteiger partial charge in [0.25, 0.3) is 0 Å². The number of anilines is 1. The van der Waals surface area contributed by atoms with E-state index in [0.29, 0.717) is 53.7 Å². The van der Waals surface area contributed by atoms with Gasteiger partial charge in [0, 0.05) is 49.0 Å². The van der Waals surface area contributed by atoms with E-state index >= 15 is 4.39 Å². The van der Waals surface area contributed by atoms with E-state index in [2.05, 4.69) is 25.4 Å². The molecule has 2 aromatic carbocycles. The zero-order chi connectivity index (χ0) is 28.9. The molecule has 3 amide bonds. The monoisotopic (exact) mass is 578 g/mol. The molecule has 2 N–H and O–H groups in total. The molecular formula is C29H28ClFN6O4. The first-order valence-corrected chi connectivity index (χ1v) is 13.6. The molecule has 10 nitrogen and oxygen atoms in total. The van der Waals surface area contributed by atoms with Gasteiger partial charge in [-0.3, -0.25) is 24.9 Å². The summed E-state index contributed by atoms with van der Waals surface area (Å²) in [6, 6.07) is 9.91. The Bertz CT molecular complexity index is 1660. The Morgan fingerprint density at radius 3 is 2.71 bits per heavy atom. The molecule has 2 aliphatic rings. The lowest BCUT2D eigenvalue weighted by atomic mass is 9.66. The first-order valence-electron chi connectivity index (χ1n) is 13.3. The molecule has 0 aliphatic carbocycles. The maximum absolute atomic E-state index is 16.2. The van der Waals surface area contributed by atoms with Crippen molar-refractivity contribution >= 4 is 40.1 Å². The van der Waals surface area contributed by atoms with Crippen molar-refractivity contribution in [2.24, 2.45) is 5.41 Å². The molecular weight excluding hydrogens is 551 g/mol. The largest absolute Gasteiger partial charge is 0.423 e. The summed E-state index contributed by atoms with van der Waals surface area (Å²) in [5.41, 5.74) is 0.446. The highest BCUT2D eigenvalue weighted by atomic mass is 35.5. The van der Waals surface area contributed by atoms with Gasteiger partial charge in [0.05, 0.1) is 33.6 Å². The number of halogens is 2. The molecule has 0 bridgehead atoms. The quantitative estimate of drug-likeness (QED) is 0.351. The number of fused-ring (bicyclic) bond motifs is 1. The second-order valence-electron chi connectivity index (χ2n) is 11.2. The maximum atomic E-state index is 16.2. The van der Waals surface area contributed by atoms with Crippen LogP contribution >= 0.6 is 11.6 Å². The molecule has 0 unspecified atom stereocenters. The third kappa shape index (κ3) is 4.83. The average Bonchev–Trinajstić information content (AvgIpc) is 3.46. The number of piperidine rings is 1. The van der Waals surface area contributed by atoms with Crippen molar-refractivity contribution in [2.75, 3.05) is 24.5 Å². The molecule has 2 aromatic heterocycles. The summed E-state index contributed by atoms with van der Waals surface area (Å²) in [6.07, 6.45) is 3.18. The molecule has 0 radical (unpaired) electrons. The summed E-state index contributed by atoms with van der Waals surface area (Å²) in [4.78, 5) is 31.8. The van der Waals surface area contributed by atoms with Crippen molar-refractivity contribution in [3.8, 4) is 11.5 Å². The Hall–Kier alpha value is -3.93. The van der Waals surface area contributed by atoms with Gasteiger partial charge in [-0.25, -0.2) is 9.18 Å². The normalized spacial score (nSPS) is 21.3. The summed E-state index contributed by atoms with van der Waals surface area (Å²) >= 11 is 6.49. The highest BCUT2D eigenvalue weighted by Crippen LogP contribution is 2.48. The molecule has 2 aliphatic heterocycles. The van der Waals surface area contributed by atoms with Gasteiger partial charge in [0.2, 0.25) is 18.2 Å². The summed E-state index contributed by atoms with van der Waals surface area (Å²) < 4.78 is 21.4. The lowest BCUT2D eigenvalue weighted by Crippen LogP contribution is -2.55. The molecule has 12 heteroatoms. The number of hydrogen-bond acceptors (Lipinski definition) is 8. The number of carbonyl (C=O) groups is 2. The van der Waals surface area contributed by atoms with Crippen LogP contribution in [0.4, 0.5) is 14.9 Å². The standard InChI is InChI=1S/C29H28ClFN6O4/c1-28(2)15-36(14-17-3-4-19(22(30)11-17)26-35-33-16-41-26)10-8-29(28,40)21-5-6-23-20(25(21)31)12-18(13-32-23)37-9-7-24(38)34-27(37)39/h3-6,11-13,16,40H,7-10,14-15H2,1-2H3,(H,34,38,39)/t29-/m0/s1. The number of aliphatic hydroxyl groups is 1. The predicted octanol–water partition coefficient (Wildman–Crippen LogP) is 4.64. The van der Waals surface area contributed by atoms with Crippen molar-refractivity contribution in [1.82, 2.24) is 25.4 Å². The van der Waals surface area contributed by atoms with Crippen molar-refractivity contribution in [1.29, 1.82) is 0 Å². The molecule has 6 rings (SSSR count). The molecule has 0 saturated carbocycles. The Kier molecular flexibility index (Phi) is 6.75. The minimum absolute atomic E-state index is 0.145. The van der Waals surface area contributed by atoms with E-state index in [9.17, 15) is 14.7 Å². The third-order valence-electron chi connectivity index (χ3n) is 8.15. The van der Waals surface area contributed by atoms with Crippen LogP contribution in [0.3, 0.4) is 0 Å². The van der Waals surface area contributed by atoms with Crippen LogP contribution < -0.4 is 10.2 Å². The van der Waals surface area contributed by atoms with E-state index in [0.717, 1.165) is 5.56 Å². The number of imide groups is 1. The minimum Gasteiger partial charge on any atom is -0.423 e. The molecule has 2 fully saturated rings. The van der Waals surface area contributed by atoms with Crippen molar-refractivity contribution in [3.05, 3.63) is 71.0 Å². The molecule has 212 valence electrons. The number of rotatable bonds is 5. The van der Waals surface area contributed by atoms with Crippen molar-refractivity contribution in [2.45, 2.75) is 38.8 Å². The van der Waals surface area contributed by atoms with Crippen LogP contribution in [0.25, 0.3) is 22.4 Å². The van der Waals surface area contributed by atoms with Gasteiger partial charge in [0.15, 0.2) is 0 Å². The van der Waals surface area contributed by atoms with Crippen LogP contribution in [0.2, 0.25) is 5.02 Å². The number of pyridine rings is 1. The number of benzene rings is 2. The number of urea groups is 1. The van der Waals surface area contributed by atoms with E-state index in [1.165, 1.54) is 17.5 Å². The highest BCUT2D eigenvalue weighted by molar-refractivity contribution is 6.33. The SMILES string of the molecule is CC1(C)CN(Cc2ccc(-c3nnco3)c(Cl)c2)CC[C@]1(O)c1ccc2ncc(N3CCC(=O)NC3=O)cc2c1F. The van der Waals surface area contributed by atoms with Gasteiger partial charge < -0.3 is 9.52 Å². The summed E-state index contributed by atoms with van der Waals surface area (Å²) in [6.45, 7) is 5.66. The molecule has 4 aromatic rings. The first kappa shape index (κ1) is 27.3. The summed E-state index contributed by atoms with van der Waals surface area (Å²) in [5, 5.41) is 22.6. The van der Waals surface area contributed by atoms with Gasteiger partial charge in [-0.05, 0) is 36.2 Å². The number of nitrogens with one attached hydrogen (secondary N) is 1. The minimum atomic E-state index is -1.45. The molecule has 2 saturated heterocycles. The lowest BCUT2D eigenvalue weighted by Gasteiger charge is -2.50. The Labute approximate surface area is 240 Å². The van der Waals surface area contributed by atoms with Gasteiger partial charge in [-0.15, -0.1) is 10.2 Å². The zero-order valence-corrected chi connectivity index (χ0v) is 23.3. The number of aromatic nitrogens is 3. The molecule has 41 heavy (non-hydrogen) atoms. The lowest BCUT2D eigenvalue weighted by molar-refractivity contribution is -0.128. The van der Waals surface area contributed by atoms with Crippen LogP contribution in [0.1, 0.15) is 37.8 Å². The maximum Gasteiger partial charge on any atom is 0.328 e. The number of nitrogens with zero attached hydrogens (tertiary/aromatic N) is 5. The van der Waals surface area contributed by atoms with E-state index in [-0.39, 0.29) is 29.8 Å². The number of carbonyl (C=O) groups excluding carboxylic acids is 2. The third-order valence-corrected chi connectivity index (χ3v) is 8.47. The Morgan fingerprint density at radius 2 is 2.00 bits per heavy atom. The molecule has 1 atom stereocenters. The smallest absolute Gasteiger partial charge is 0.328 e. The molecule has 0 spiro atoms. The van der Waals surface area contributed by atoms with E-state index < -0.39 is 22.9 Å². The van der Waals surface area contributed by atoms with E-state index in [1.54, 1.807) is 18.2 Å². The zero-order valence-electron chi connectivity index (χ0n) is 22.5. The highest BCUT2D eigenvalue weighted by Gasteiger charge is 2.50. The van der Waals surface area contributed by atoms with Crippen LogP contribution in [-0.4, -0.2) is 56.8 Å². The number of amides is 3. The van der Waals surface area contributed by atoms with Gasteiger partial charge in [-0.1, -0.05) is 37.6 Å². The van der Waals surface area contributed by atoms with Crippen molar-refractivity contribution < 1.29 is 23.5 Å². The second kappa shape index (κ2) is 10.2. The van der Waals surface area contributed by atoms with E-state index in [4.69, 9.17) is 16.0 Å². The fourth-order valence-electron chi connectivity index (χ4n) is 5.87. The average molecular weight is 579 g/mol. The second-order valence-corrected chi connectivity index (χ2v) is 11.6. The molecule has 4 heterocycles. The van der Waals surface area contributed by atoms with Gasteiger partial charge in [-0.2, -0.15) is 0 Å². The van der Waals surface area contributed by atoms with Crippen LogP contribution in [0.15, 0.2) is 53.4 Å². The first-order chi connectivity index (χ1) is 19.6. The van der Waals surface area contributed by atoms with Crippen LogP contribution in [0.5, 0.6) is 0 Å². The van der Waals surface area contributed by atoms with Gasteiger partial charge in [0.1, 0.15) is 5.82 Å². The number of hydrogen-bond donors (Lipinski definition) is 2. The number of likely N-dealkylation sites (tertiary alicyclic amines) is 1. The Morgan fingerprint density at radius 1 is 1.17 bits per heavy atom. The van der Waals surface area contributed by atoms with Crippen LogP contribution in [-0.2, 0) is 16.9 Å².